The van der Waals surface area contributed by atoms with Gasteiger partial charge in [-0.05, 0) is 37.3 Å². The molecular weight excluding hydrogens is 324 g/mol. The minimum atomic E-state index is -0.820. The molecule has 0 saturated carbocycles. The van der Waals surface area contributed by atoms with Crippen LogP contribution in [0, 0.1) is 6.92 Å². The van der Waals surface area contributed by atoms with Crippen molar-refractivity contribution >= 4 is 27.4 Å². The normalized spacial score (nSPS) is 12.6. The van der Waals surface area contributed by atoms with Gasteiger partial charge in [-0.1, -0.05) is 6.07 Å². The molecule has 1 unspecified atom stereocenters. The van der Waals surface area contributed by atoms with Crippen molar-refractivity contribution in [1.82, 2.24) is 15.0 Å². The van der Waals surface area contributed by atoms with Gasteiger partial charge in [0.05, 0.1) is 11.1 Å². The second-order valence-electron chi connectivity index (χ2n) is 5.37. The Morgan fingerprint density at radius 2 is 2.08 bits per heavy atom. The fraction of sp³-hybridized carbons (Fsp3) is 0.118. The number of aliphatic hydroxyl groups excluding tert-OH is 1. The van der Waals surface area contributed by atoms with E-state index in [4.69, 9.17) is 10.2 Å². The van der Waals surface area contributed by atoms with Crippen LogP contribution in [0.4, 0.5) is 5.82 Å². The number of aryl methyl sites for hydroxylation is 1. The molecule has 0 spiro atoms. The summed E-state index contributed by atoms with van der Waals surface area (Å²) < 4.78 is 5.56. The third kappa shape index (κ3) is 2.53. The van der Waals surface area contributed by atoms with E-state index in [-0.39, 0.29) is 0 Å². The first-order chi connectivity index (χ1) is 11.6. The molecule has 0 bridgehead atoms. The van der Waals surface area contributed by atoms with Crippen LogP contribution in [0.15, 0.2) is 47.0 Å². The van der Waals surface area contributed by atoms with Crippen molar-refractivity contribution in [3.8, 4) is 11.6 Å². The summed E-state index contributed by atoms with van der Waals surface area (Å²) >= 11 is 1.37. The number of hydrogen-bond acceptors (Lipinski definition) is 7. The van der Waals surface area contributed by atoms with Crippen LogP contribution in [0.5, 0.6) is 0 Å². The van der Waals surface area contributed by atoms with Crippen molar-refractivity contribution in [2.75, 3.05) is 5.73 Å². The lowest BCUT2D eigenvalue weighted by atomic mass is 10.2. The van der Waals surface area contributed by atoms with E-state index in [2.05, 4.69) is 15.0 Å². The molecule has 4 aromatic heterocycles. The lowest BCUT2D eigenvalue weighted by molar-refractivity contribution is 0.219. The molecule has 0 aliphatic carbocycles. The molecular formula is C17H14N4O2S. The van der Waals surface area contributed by atoms with Crippen LogP contribution >= 0.6 is 11.3 Å². The van der Waals surface area contributed by atoms with Gasteiger partial charge in [0.2, 0.25) is 0 Å². The summed E-state index contributed by atoms with van der Waals surface area (Å²) in [5.41, 5.74) is 6.65. The molecule has 4 aromatic rings. The van der Waals surface area contributed by atoms with Gasteiger partial charge in [0.1, 0.15) is 22.5 Å². The standard InChI is InChI=1S/C17H14N4O2S/c1-9-5-6-12(23-9)16-20-15(18)10-8-13(24-17(10)21-16)14(22)11-4-2-3-7-19-11/h2-8,14,22H,1H3,(H2,18,20,21). The molecule has 0 fully saturated rings. The van der Waals surface area contributed by atoms with E-state index in [1.165, 1.54) is 11.3 Å². The van der Waals surface area contributed by atoms with Crippen molar-refractivity contribution in [1.29, 1.82) is 0 Å². The topological polar surface area (TPSA) is 98.1 Å². The van der Waals surface area contributed by atoms with Gasteiger partial charge in [-0.3, -0.25) is 4.98 Å². The van der Waals surface area contributed by atoms with Crippen molar-refractivity contribution in [3.63, 3.8) is 0 Å². The molecule has 4 rings (SSSR count). The summed E-state index contributed by atoms with van der Waals surface area (Å²) in [5.74, 6) is 2.15. The summed E-state index contributed by atoms with van der Waals surface area (Å²) in [6.45, 7) is 1.86. The number of nitrogens with two attached hydrogens (primary N) is 1. The molecule has 0 aliphatic rings. The highest BCUT2D eigenvalue weighted by atomic mass is 32.1. The Bertz CT molecular complexity index is 1010. The third-order valence-corrected chi connectivity index (χ3v) is 4.72. The number of anilines is 1. The van der Waals surface area contributed by atoms with Crippen molar-refractivity contribution < 1.29 is 9.52 Å². The number of rotatable bonds is 3. The first kappa shape index (κ1) is 14.8. The predicted octanol–water partition coefficient (Wildman–Crippen LogP) is 3.32. The zero-order valence-electron chi connectivity index (χ0n) is 12.8. The average molecular weight is 338 g/mol. The Hall–Kier alpha value is -2.77. The zero-order valence-corrected chi connectivity index (χ0v) is 13.6. The van der Waals surface area contributed by atoms with E-state index in [9.17, 15) is 5.11 Å². The Morgan fingerprint density at radius 1 is 1.21 bits per heavy atom. The van der Waals surface area contributed by atoms with Gasteiger partial charge in [-0.25, -0.2) is 9.97 Å². The number of nitrogen functional groups attached to an aromatic ring is 1. The largest absolute Gasteiger partial charge is 0.458 e. The summed E-state index contributed by atoms with van der Waals surface area (Å²) in [6, 6.07) is 10.9. The molecule has 120 valence electrons. The van der Waals surface area contributed by atoms with Crippen molar-refractivity contribution in [2.24, 2.45) is 0 Å². The fourth-order valence-corrected chi connectivity index (χ4v) is 3.48. The Balaban J connectivity index is 1.79. The quantitative estimate of drug-likeness (QED) is 0.594. The van der Waals surface area contributed by atoms with Crippen molar-refractivity contribution in [3.05, 3.63) is 58.9 Å². The number of furan rings is 1. The summed E-state index contributed by atoms with van der Waals surface area (Å²) in [7, 11) is 0. The first-order valence-electron chi connectivity index (χ1n) is 7.34. The second kappa shape index (κ2) is 5.70. The van der Waals surface area contributed by atoms with E-state index >= 15 is 0 Å². The van der Waals surface area contributed by atoms with Crippen LogP contribution in [-0.4, -0.2) is 20.1 Å². The first-order valence-corrected chi connectivity index (χ1v) is 8.16. The minimum absolute atomic E-state index is 0.361. The Morgan fingerprint density at radius 3 is 2.79 bits per heavy atom. The maximum absolute atomic E-state index is 10.5. The maximum atomic E-state index is 10.5. The van der Waals surface area contributed by atoms with Crippen LogP contribution in [0.3, 0.4) is 0 Å². The number of pyridine rings is 1. The van der Waals surface area contributed by atoms with E-state index < -0.39 is 6.10 Å². The Kier molecular flexibility index (Phi) is 3.51. The fourth-order valence-electron chi connectivity index (χ4n) is 2.45. The number of aromatic nitrogens is 3. The molecule has 0 aromatic carbocycles. The molecule has 7 heteroatoms. The SMILES string of the molecule is Cc1ccc(-c2nc(N)c3cc(C(O)c4ccccn4)sc3n2)o1. The highest BCUT2D eigenvalue weighted by molar-refractivity contribution is 7.18. The van der Waals surface area contributed by atoms with E-state index in [1.54, 1.807) is 12.3 Å². The van der Waals surface area contributed by atoms with Crippen LogP contribution in [0.2, 0.25) is 0 Å². The molecule has 4 heterocycles. The van der Waals surface area contributed by atoms with Crippen LogP contribution in [0.25, 0.3) is 21.8 Å². The number of hydrogen-bond donors (Lipinski definition) is 2. The predicted molar refractivity (Wildman–Crippen MR) is 92.6 cm³/mol. The van der Waals surface area contributed by atoms with Gasteiger partial charge in [0.15, 0.2) is 11.6 Å². The molecule has 3 N–H and O–H groups in total. The summed E-state index contributed by atoms with van der Waals surface area (Å²) in [5, 5.41) is 11.2. The van der Waals surface area contributed by atoms with Gasteiger partial charge in [0, 0.05) is 11.1 Å². The zero-order chi connectivity index (χ0) is 16.7. The van der Waals surface area contributed by atoms with Gasteiger partial charge < -0.3 is 15.3 Å². The van der Waals surface area contributed by atoms with E-state index in [0.29, 0.717) is 27.9 Å². The molecule has 6 nitrogen and oxygen atoms in total. The summed E-state index contributed by atoms with van der Waals surface area (Å²) in [4.78, 5) is 14.4. The molecule has 0 radical (unpaired) electrons. The molecule has 1 atom stereocenters. The number of aliphatic hydroxyl groups is 1. The van der Waals surface area contributed by atoms with Gasteiger partial charge in [-0.15, -0.1) is 11.3 Å². The summed E-state index contributed by atoms with van der Waals surface area (Å²) in [6.07, 6.45) is 0.830. The molecule has 24 heavy (non-hydrogen) atoms. The van der Waals surface area contributed by atoms with E-state index in [1.807, 2.05) is 37.3 Å². The smallest absolute Gasteiger partial charge is 0.199 e. The Labute approximate surface area is 141 Å². The number of fused-ring (bicyclic) bond motifs is 1. The molecule has 0 aliphatic heterocycles. The second-order valence-corrected chi connectivity index (χ2v) is 6.43. The number of thiophene rings is 1. The van der Waals surface area contributed by atoms with Crippen molar-refractivity contribution in [2.45, 2.75) is 13.0 Å². The lowest BCUT2D eigenvalue weighted by Gasteiger charge is -2.06. The lowest BCUT2D eigenvalue weighted by Crippen LogP contribution is -1.99. The van der Waals surface area contributed by atoms with E-state index in [0.717, 1.165) is 16.0 Å². The van der Waals surface area contributed by atoms with Crippen LogP contribution in [0.1, 0.15) is 22.4 Å². The third-order valence-electron chi connectivity index (χ3n) is 3.64. The highest BCUT2D eigenvalue weighted by Gasteiger charge is 2.18. The van der Waals surface area contributed by atoms with Gasteiger partial charge in [-0.2, -0.15) is 0 Å². The number of nitrogens with zero attached hydrogens (tertiary/aromatic N) is 3. The molecule has 0 saturated heterocycles. The van der Waals surface area contributed by atoms with Gasteiger partial charge >= 0.3 is 0 Å². The molecule has 0 amide bonds. The van der Waals surface area contributed by atoms with Crippen LogP contribution in [-0.2, 0) is 0 Å². The van der Waals surface area contributed by atoms with Gasteiger partial charge in [0.25, 0.3) is 0 Å². The maximum Gasteiger partial charge on any atom is 0.199 e. The monoisotopic (exact) mass is 338 g/mol. The van der Waals surface area contributed by atoms with Crippen LogP contribution < -0.4 is 5.73 Å². The average Bonchev–Trinajstić information content (AvgIpc) is 3.21. The minimum Gasteiger partial charge on any atom is -0.458 e. The highest BCUT2D eigenvalue weighted by Crippen LogP contribution is 2.35.